The van der Waals surface area contributed by atoms with Crippen molar-refractivity contribution < 1.29 is 14.6 Å². The van der Waals surface area contributed by atoms with Gasteiger partial charge in [0.15, 0.2) is 0 Å². The number of nitrogens with zero attached hydrogens (tertiary/aromatic N) is 2. The number of hydrogen-bond acceptors (Lipinski definition) is 4. The quantitative estimate of drug-likeness (QED) is 0.899. The van der Waals surface area contributed by atoms with Crippen LogP contribution in [0.3, 0.4) is 0 Å². The van der Waals surface area contributed by atoms with Gasteiger partial charge in [0.05, 0.1) is 18.7 Å². The van der Waals surface area contributed by atoms with E-state index in [4.69, 9.17) is 4.74 Å². The van der Waals surface area contributed by atoms with Crippen molar-refractivity contribution in [1.29, 1.82) is 5.26 Å². The smallest absolute Gasteiger partial charge is 0.249 e. The first-order valence-corrected chi connectivity index (χ1v) is 8.31. The fraction of sp³-hybridized carbons (Fsp3) is 0.474. The summed E-state index contributed by atoms with van der Waals surface area (Å²) >= 11 is 0. The molecule has 0 spiro atoms. The Labute approximate surface area is 142 Å². The number of likely N-dealkylation sites (tertiary alicyclic amines) is 1. The molecule has 1 aromatic carbocycles. The van der Waals surface area contributed by atoms with E-state index in [1.165, 1.54) is 17.6 Å². The van der Waals surface area contributed by atoms with E-state index in [9.17, 15) is 15.2 Å². The molecule has 24 heavy (non-hydrogen) atoms. The van der Waals surface area contributed by atoms with E-state index in [1.807, 2.05) is 18.2 Å². The van der Waals surface area contributed by atoms with Gasteiger partial charge >= 0.3 is 0 Å². The number of benzene rings is 1. The maximum Gasteiger partial charge on any atom is 0.249 e. The molecule has 3 atom stereocenters. The average molecular weight is 326 g/mol. The van der Waals surface area contributed by atoms with Crippen molar-refractivity contribution in [1.82, 2.24) is 4.90 Å². The molecule has 5 nitrogen and oxygen atoms in total. The summed E-state index contributed by atoms with van der Waals surface area (Å²) in [5, 5.41) is 19.4. The van der Waals surface area contributed by atoms with E-state index < -0.39 is 6.04 Å². The van der Waals surface area contributed by atoms with Gasteiger partial charge in [0, 0.05) is 13.0 Å². The fourth-order valence-electron chi connectivity index (χ4n) is 3.92. The largest absolute Gasteiger partial charge is 0.394 e. The van der Waals surface area contributed by atoms with Crippen molar-refractivity contribution in [3.8, 4) is 6.07 Å². The van der Waals surface area contributed by atoms with E-state index in [-0.39, 0.29) is 31.1 Å². The second kappa shape index (κ2) is 7.16. The van der Waals surface area contributed by atoms with Gasteiger partial charge in [-0.25, -0.2) is 0 Å². The number of carbonyl (C=O) groups is 1. The van der Waals surface area contributed by atoms with E-state index in [1.54, 1.807) is 0 Å². The maximum absolute atomic E-state index is 12.2. The zero-order valence-corrected chi connectivity index (χ0v) is 13.8. The lowest BCUT2D eigenvalue weighted by atomic mass is 9.73. The molecule has 1 aromatic rings. The lowest BCUT2D eigenvalue weighted by Crippen LogP contribution is -2.66. The number of carbonyl (C=O) groups excluding carboxylic acids is 1. The highest BCUT2D eigenvalue weighted by atomic mass is 16.5. The van der Waals surface area contributed by atoms with Crippen molar-refractivity contribution in [2.45, 2.75) is 37.3 Å². The van der Waals surface area contributed by atoms with Gasteiger partial charge in [-0.3, -0.25) is 4.79 Å². The van der Waals surface area contributed by atoms with Crippen LogP contribution in [0.5, 0.6) is 0 Å². The van der Waals surface area contributed by atoms with Crippen LogP contribution in [0.1, 0.15) is 36.3 Å². The number of amides is 1. The van der Waals surface area contributed by atoms with Gasteiger partial charge < -0.3 is 14.7 Å². The van der Waals surface area contributed by atoms with E-state index in [0.29, 0.717) is 0 Å². The highest BCUT2D eigenvalue weighted by Crippen LogP contribution is 2.44. The van der Waals surface area contributed by atoms with Crippen LogP contribution >= 0.6 is 0 Å². The van der Waals surface area contributed by atoms with Crippen LogP contribution in [-0.2, 0) is 9.53 Å². The molecule has 0 bridgehead atoms. The van der Waals surface area contributed by atoms with Crippen LogP contribution < -0.4 is 0 Å². The number of ether oxygens (including phenoxy) is 1. The van der Waals surface area contributed by atoms with Crippen LogP contribution in [-0.4, -0.2) is 48.3 Å². The van der Waals surface area contributed by atoms with Crippen molar-refractivity contribution in [2.75, 3.05) is 20.3 Å². The molecule has 1 amide bonds. The molecule has 0 aromatic heterocycles. The van der Waals surface area contributed by atoms with Gasteiger partial charge in [0.2, 0.25) is 5.91 Å². The monoisotopic (exact) mass is 326 g/mol. The Balaban J connectivity index is 1.95. The summed E-state index contributed by atoms with van der Waals surface area (Å²) in [5.74, 6) is -0.421. The molecule has 1 fully saturated rings. The summed E-state index contributed by atoms with van der Waals surface area (Å²) in [6.07, 6.45) is 5.52. The van der Waals surface area contributed by atoms with Crippen molar-refractivity contribution in [3.05, 3.63) is 41.5 Å². The number of aliphatic hydroxyl groups is 1. The molecule has 0 unspecified atom stereocenters. The number of allylic oxidation sites excluding steroid dienone is 2. The minimum Gasteiger partial charge on any atom is -0.394 e. The van der Waals surface area contributed by atoms with Crippen LogP contribution in [0.25, 0.3) is 5.57 Å². The summed E-state index contributed by atoms with van der Waals surface area (Å²) in [6.45, 7) is -0.236. The molecule has 1 aliphatic heterocycles. The highest BCUT2D eigenvalue weighted by Gasteiger charge is 2.52. The molecule has 0 saturated carbocycles. The summed E-state index contributed by atoms with van der Waals surface area (Å²) in [7, 11) is 1.45. The standard InChI is InChI=1S/C19H22N2O3/c1-24-12-18(23)21-16(10-20)19(17(21)11-22)15-9-5-4-8-14(15)13-6-2-3-7-13/h4-6,8-9,16-17,19,22H,2-3,7,11-12H2,1H3/t16-,17+,19-/m0/s1. The Bertz CT molecular complexity index is 692. The predicted molar refractivity (Wildman–Crippen MR) is 90.0 cm³/mol. The first-order valence-electron chi connectivity index (χ1n) is 8.31. The normalized spacial score (nSPS) is 25.8. The maximum atomic E-state index is 12.2. The zero-order valence-electron chi connectivity index (χ0n) is 13.8. The molecule has 126 valence electrons. The van der Waals surface area contributed by atoms with Crippen molar-refractivity contribution in [2.24, 2.45) is 0 Å². The zero-order chi connectivity index (χ0) is 17.1. The summed E-state index contributed by atoms with van der Waals surface area (Å²) < 4.78 is 4.90. The SMILES string of the molecule is COCC(=O)N1[C@H](CO)[C@@H](c2ccccc2C2=CCCC2)[C@@H]1C#N. The first kappa shape index (κ1) is 16.7. The Morgan fingerprint density at radius 3 is 2.88 bits per heavy atom. The third-order valence-electron chi connectivity index (χ3n) is 4.99. The van der Waals surface area contributed by atoms with Gasteiger partial charge in [-0.05, 0) is 36.0 Å². The van der Waals surface area contributed by atoms with Crippen molar-refractivity contribution >= 4 is 11.5 Å². The summed E-state index contributed by atoms with van der Waals surface area (Å²) in [5.41, 5.74) is 3.51. The Kier molecular flexibility index (Phi) is 4.98. The van der Waals surface area contributed by atoms with E-state index >= 15 is 0 Å². The third-order valence-corrected chi connectivity index (χ3v) is 4.99. The number of nitriles is 1. The number of aliphatic hydroxyl groups excluding tert-OH is 1. The Morgan fingerprint density at radius 2 is 2.25 bits per heavy atom. The van der Waals surface area contributed by atoms with Crippen LogP contribution in [0.15, 0.2) is 30.3 Å². The minimum atomic E-state index is -0.562. The summed E-state index contributed by atoms with van der Waals surface area (Å²) in [4.78, 5) is 13.7. The number of hydrogen-bond donors (Lipinski definition) is 1. The Morgan fingerprint density at radius 1 is 1.46 bits per heavy atom. The molecule has 1 heterocycles. The minimum absolute atomic E-state index is 0.0752. The van der Waals surface area contributed by atoms with Gasteiger partial charge in [0.25, 0.3) is 0 Å². The second-order valence-corrected chi connectivity index (χ2v) is 6.29. The fourth-order valence-corrected chi connectivity index (χ4v) is 3.92. The van der Waals surface area contributed by atoms with Gasteiger partial charge in [-0.1, -0.05) is 30.3 Å². The van der Waals surface area contributed by atoms with Crippen LogP contribution in [0.2, 0.25) is 0 Å². The lowest BCUT2D eigenvalue weighted by molar-refractivity contribution is -0.150. The van der Waals surface area contributed by atoms with Gasteiger partial charge in [0.1, 0.15) is 12.6 Å². The first-order chi connectivity index (χ1) is 11.7. The summed E-state index contributed by atoms with van der Waals surface area (Å²) in [6, 6.07) is 9.36. The van der Waals surface area contributed by atoms with Gasteiger partial charge in [-0.15, -0.1) is 0 Å². The average Bonchev–Trinajstić information content (AvgIpc) is 3.10. The molecule has 3 rings (SSSR count). The molecule has 0 radical (unpaired) electrons. The van der Waals surface area contributed by atoms with Gasteiger partial charge in [-0.2, -0.15) is 5.26 Å². The number of rotatable bonds is 5. The third kappa shape index (κ3) is 2.72. The van der Waals surface area contributed by atoms with Crippen LogP contribution in [0.4, 0.5) is 0 Å². The molecule has 5 heteroatoms. The molecule has 1 N–H and O–H groups in total. The topological polar surface area (TPSA) is 73.6 Å². The molecule has 1 aliphatic carbocycles. The number of methoxy groups -OCH3 is 1. The van der Waals surface area contributed by atoms with E-state index in [2.05, 4.69) is 18.2 Å². The molecule has 1 saturated heterocycles. The second-order valence-electron chi connectivity index (χ2n) is 6.29. The lowest BCUT2D eigenvalue weighted by Gasteiger charge is -2.52. The highest BCUT2D eigenvalue weighted by molar-refractivity contribution is 5.81. The molecular formula is C19H22N2O3. The Hall–Kier alpha value is -2.16. The predicted octanol–water partition coefficient (Wildman–Crippen LogP) is 2.08. The molecular weight excluding hydrogens is 304 g/mol. The van der Waals surface area contributed by atoms with Crippen LogP contribution in [0, 0.1) is 11.3 Å². The molecule has 2 aliphatic rings. The van der Waals surface area contributed by atoms with E-state index in [0.717, 1.165) is 30.4 Å². The van der Waals surface area contributed by atoms with Crippen molar-refractivity contribution in [3.63, 3.8) is 0 Å².